The zero-order valence-corrected chi connectivity index (χ0v) is 21.8. The van der Waals surface area contributed by atoms with Crippen LogP contribution in [-0.2, 0) is 4.79 Å². The summed E-state index contributed by atoms with van der Waals surface area (Å²) in [7, 11) is 0. The number of imidazole rings is 1. The van der Waals surface area contributed by atoms with Gasteiger partial charge in [0.2, 0.25) is 0 Å². The molecule has 1 N–H and O–H groups in total. The minimum absolute atomic E-state index is 0. The molecule has 1 saturated heterocycles. The number of aromatic nitrogens is 4. The molecular formula is C24H28Cl2N6O2S. The van der Waals surface area contributed by atoms with Gasteiger partial charge in [0.1, 0.15) is 11.3 Å². The Hall–Kier alpha value is -2.62. The third-order valence-corrected chi connectivity index (χ3v) is 7.27. The van der Waals surface area contributed by atoms with E-state index in [1.807, 2.05) is 36.1 Å². The van der Waals surface area contributed by atoms with Crippen LogP contribution in [0.2, 0.25) is 0 Å². The number of amides is 2. The lowest BCUT2D eigenvalue weighted by Crippen LogP contribution is -2.39. The first-order chi connectivity index (χ1) is 16.1. The summed E-state index contributed by atoms with van der Waals surface area (Å²) >= 11 is 1.48. The molecule has 3 aromatic rings. The summed E-state index contributed by atoms with van der Waals surface area (Å²) in [6.07, 6.45) is 10.8. The van der Waals surface area contributed by atoms with Crippen molar-refractivity contribution in [3.05, 3.63) is 58.8 Å². The van der Waals surface area contributed by atoms with E-state index in [9.17, 15) is 9.59 Å². The molecule has 0 aliphatic carbocycles. The molecule has 5 rings (SSSR count). The monoisotopic (exact) mass is 534 g/mol. The van der Waals surface area contributed by atoms with E-state index in [1.165, 1.54) is 11.8 Å². The molecule has 2 amide bonds. The number of halogens is 2. The number of hydrogen-bond acceptors (Lipinski definition) is 6. The number of carbonyl (C=O) groups is 2. The van der Waals surface area contributed by atoms with Gasteiger partial charge in [-0.1, -0.05) is 17.8 Å². The summed E-state index contributed by atoms with van der Waals surface area (Å²) in [5.74, 6) is 0.498. The highest BCUT2D eigenvalue weighted by Gasteiger charge is 2.24. The Morgan fingerprint density at radius 1 is 1.09 bits per heavy atom. The molecular weight excluding hydrogens is 507 g/mol. The number of aryl methyl sites for hydroxylation is 1. The molecule has 2 aliphatic heterocycles. The second kappa shape index (κ2) is 11.9. The summed E-state index contributed by atoms with van der Waals surface area (Å²) in [6.45, 7) is 4.00. The average Bonchev–Trinajstić information content (AvgIpc) is 3.26. The average molecular weight is 536 g/mol. The van der Waals surface area contributed by atoms with Gasteiger partial charge in [-0.15, -0.1) is 24.8 Å². The zero-order chi connectivity index (χ0) is 22.8. The van der Waals surface area contributed by atoms with Crippen molar-refractivity contribution >= 4 is 60.1 Å². The summed E-state index contributed by atoms with van der Waals surface area (Å²) in [4.78, 5) is 40.6. The van der Waals surface area contributed by atoms with Crippen molar-refractivity contribution in [2.24, 2.45) is 5.92 Å². The molecule has 11 heteroatoms. The van der Waals surface area contributed by atoms with Gasteiger partial charge in [0.15, 0.2) is 0 Å². The lowest BCUT2D eigenvalue weighted by atomic mass is 9.92. The fourth-order valence-corrected chi connectivity index (χ4v) is 5.37. The topological polar surface area (TPSA) is 92.5 Å². The Morgan fingerprint density at radius 2 is 1.89 bits per heavy atom. The molecule has 0 aromatic carbocycles. The minimum atomic E-state index is -0.0384. The number of carbonyl (C=O) groups excluding carboxylic acids is 2. The number of nitrogens with one attached hydrogen (secondary N) is 1. The van der Waals surface area contributed by atoms with E-state index in [0.29, 0.717) is 23.1 Å². The smallest absolute Gasteiger partial charge is 0.274 e. The Bertz CT molecular complexity index is 1220. The third-order valence-electron chi connectivity index (χ3n) is 6.21. The van der Waals surface area contributed by atoms with Gasteiger partial charge < -0.3 is 10.2 Å². The molecule has 0 unspecified atom stereocenters. The molecule has 0 saturated carbocycles. The van der Waals surface area contributed by atoms with E-state index >= 15 is 0 Å². The van der Waals surface area contributed by atoms with E-state index in [2.05, 4.69) is 24.7 Å². The highest BCUT2D eigenvalue weighted by molar-refractivity contribution is 8.04. The van der Waals surface area contributed by atoms with Gasteiger partial charge >= 0.3 is 0 Å². The lowest BCUT2D eigenvalue weighted by molar-refractivity contribution is -0.116. The number of piperidine rings is 1. The Labute approximate surface area is 220 Å². The number of nitrogens with zero attached hydrogens (tertiary/aromatic N) is 5. The van der Waals surface area contributed by atoms with Crippen LogP contribution >= 0.6 is 36.6 Å². The second-order valence-electron chi connectivity index (χ2n) is 8.53. The number of rotatable bonds is 6. The molecule has 0 radical (unpaired) electrons. The first-order valence-electron chi connectivity index (χ1n) is 11.3. The number of pyridine rings is 1. The normalized spacial score (nSPS) is 15.1. The highest BCUT2D eigenvalue weighted by atomic mass is 35.5. The fraction of sp³-hybridized carbons (Fsp3) is 0.375. The maximum atomic E-state index is 12.7. The molecule has 2 aliphatic rings. The largest absolute Gasteiger partial charge is 0.352 e. The SMILES string of the molecule is Cc1cnc(C(=O)N2CCC(CCCNC(=O)C3=Cc4cnc5cccc(n45)S3)CC2)cn1.Cl.Cl. The van der Waals surface area contributed by atoms with Crippen molar-refractivity contribution < 1.29 is 9.59 Å². The molecule has 8 nitrogen and oxygen atoms in total. The maximum Gasteiger partial charge on any atom is 0.274 e. The maximum absolute atomic E-state index is 12.7. The standard InChI is InChI=1S/C24H26N6O2S.2ClH/c1-16-13-27-19(15-26-16)24(32)29-10-7-17(8-11-29)4-3-9-25-23(31)20-12-18-14-28-21-5-2-6-22(33-20)30(18)21;;/h2,5-6,12-15,17H,3-4,7-11H2,1H3,(H,25,31);2*1H. The van der Waals surface area contributed by atoms with Crippen LogP contribution in [0.25, 0.3) is 11.7 Å². The number of thioether (sulfide) groups is 1. The van der Waals surface area contributed by atoms with Crippen LogP contribution in [0.3, 0.4) is 0 Å². The molecule has 0 atom stereocenters. The Kier molecular flexibility index (Phi) is 9.15. The molecule has 1 fully saturated rings. The van der Waals surface area contributed by atoms with E-state index < -0.39 is 0 Å². The van der Waals surface area contributed by atoms with Crippen LogP contribution in [0.1, 0.15) is 47.6 Å². The van der Waals surface area contributed by atoms with Crippen LogP contribution in [0.4, 0.5) is 0 Å². The van der Waals surface area contributed by atoms with E-state index in [0.717, 1.165) is 60.8 Å². The van der Waals surface area contributed by atoms with E-state index in [1.54, 1.807) is 18.6 Å². The van der Waals surface area contributed by atoms with Gasteiger partial charge in [0.25, 0.3) is 11.8 Å². The van der Waals surface area contributed by atoms with Crippen LogP contribution in [-0.4, -0.2) is 55.7 Å². The summed E-state index contributed by atoms with van der Waals surface area (Å²) in [6, 6.07) is 5.93. The second-order valence-corrected chi connectivity index (χ2v) is 9.59. The Morgan fingerprint density at radius 3 is 2.63 bits per heavy atom. The number of hydrogen-bond donors (Lipinski definition) is 1. The van der Waals surface area contributed by atoms with Gasteiger partial charge in [-0.25, -0.2) is 9.97 Å². The van der Waals surface area contributed by atoms with Gasteiger partial charge in [0, 0.05) is 25.8 Å². The highest BCUT2D eigenvalue weighted by Crippen LogP contribution is 2.34. The van der Waals surface area contributed by atoms with Gasteiger partial charge in [-0.2, -0.15) is 0 Å². The van der Waals surface area contributed by atoms with Gasteiger partial charge in [-0.3, -0.25) is 19.0 Å². The van der Waals surface area contributed by atoms with Crippen LogP contribution in [0.15, 0.2) is 46.7 Å². The van der Waals surface area contributed by atoms with Crippen molar-refractivity contribution in [2.75, 3.05) is 19.6 Å². The van der Waals surface area contributed by atoms with Gasteiger partial charge in [0.05, 0.1) is 33.7 Å². The minimum Gasteiger partial charge on any atom is -0.352 e. The summed E-state index contributed by atoms with van der Waals surface area (Å²) in [5, 5.41) is 4.07. The molecule has 3 aromatic heterocycles. The first-order valence-corrected chi connectivity index (χ1v) is 12.1. The zero-order valence-electron chi connectivity index (χ0n) is 19.3. The molecule has 0 spiro atoms. The fourth-order valence-electron chi connectivity index (χ4n) is 4.37. The van der Waals surface area contributed by atoms with Crippen molar-refractivity contribution in [1.82, 2.24) is 29.6 Å². The summed E-state index contributed by atoms with van der Waals surface area (Å²) < 4.78 is 2.06. The van der Waals surface area contributed by atoms with Crippen molar-refractivity contribution in [3.63, 3.8) is 0 Å². The predicted molar refractivity (Wildman–Crippen MR) is 141 cm³/mol. The lowest BCUT2D eigenvalue weighted by Gasteiger charge is -2.31. The van der Waals surface area contributed by atoms with Gasteiger partial charge in [-0.05, 0) is 56.7 Å². The van der Waals surface area contributed by atoms with Crippen LogP contribution in [0.5, 0.6) is 0 Å². The first kappa shape index (κ1) is 27.0. The Balaban J connectivity index is 0.00000171. The molecule has 186 valence electrons. The number of likely N-dealkylation sites (tertiary alicyclic amines) is 1. The quantitative estimate of drug-likeness (QED) is 0.477. The molecule has 0 bridgehead atoms. The van der Waals surface area contributed by atoms with E-state index in [-0.39, 0.29) is 36.6 Å². The van der Waals surface area contributed by atoms with Crippen LogP contribution < -0.4 is 5.32 Å². The van der Waals surface area contributed by atoms with Crippen molar-refractivity contribution in [2.45, 2.75) is 37.6 Å². The van der Waals surface area contributed by atoms with Crippen LogP contribution in [0, 0.1) is 12.8 Å². The summed E-state index contributed by atoms with van der Waals surface area (Å²) in [5.41, 5.74) is 3.04. The molecule has 5 heterocycles. The van der Waals surface area contributed by atoms with Crippen molar-refractivity contribution in [1.29, 1.82) is 0 Å². The third kappa shape index (κ3) is 5.97. The predicted octanol–water partition coefficient (Wildman–Crippen LogP) is 4.17. The molecule has 35 heavy (non-hydrogen) atoms. The van der Waals surface area contributed by atoms with Crippen molar-refractivity contribution in [3.8, 4) is 0 Å². The van der Waals surface area contributed by atoms with E-state index in [4.69, 9.17) is 0 Å².